The van der Waals surface area contributed by atoms with Crippen LogP contribution >= 0.6 is 11.8 Å². The second kappa shape index (κ2) is 8.78. The van der Waals surface area contributed by atoms with Crippen molar-refractivity contribution in [2.24, 2.45) is 0 Å². The molecule has 0 radical (unpaired) electrons. The second-order valence-electron chi connectivity index (χ2n) is 7.14. The van der Waals surface area contributed by atoms with Crippen molar-refractivity contribution in [1.29, 1.82) is 0 Å². The SMILES string of the molecule is COc1ccc(C)cc1NC(=O)[C@H](C)Sc1nnc(C)n1C1CCCCC1. The van der Waals surface area contributed by atoms with Crippen molar-refractivity contribution in [2.75, 3.05) is 12.4 Å². The summed E-state index contributed by atoms with van der Waals surface area (Å²) in [5, 5.41) is 12.1. The van der Waals surface area contributed by atoms with Gasteiger partial charge < -0.3 is 14.6 Å². The average Bonchev–Trinajstić information content (AvgIpc) is 3.02. The zero-order chi connectivity index (χ0) is 19.4. The van der Waals surface area contributed by atoms with Gasteiger partial charge in [0, 0.05) is 6.04 Å². The molecule has 1 aromatic heterocycles. The Morgan fingerprint density at radius 3 is 2.70 bits per heavy atom. The van der Waals surface area contributed by atoms with Crippen molar-refractivity contribution in [1.82, 2.24) is 14.8 Å². The number of aryl methyl sites for hydroxylation is 2. The Hall–Kier alpha value is -2.02. The molecule has 7 heteroatoms. The Balaban J connectivity index is 1.71. The predicted molar refractivity (Wildman–Crippen MR) is 109 cm³/mol. The molecular weight excluding hydrogens is 360 g/mol. The van der Waals surface area contributed by atoms with Gasteiger partial charge in [-0.25, -0.2) is 0 Å². The van der Waals surface area contributed by atoms with Gasteiger partial charge in [0.15, 0.2) is 5.16 Å². The van der Waals surface area contributed by atoms with Gasteiger partial charge in [-0.05, 0) is 51.3 Å². The van der Waals surface area contributed by atoms with Crippen LogP contribution < -0.4 is 10.1 Å². The maximum absolute atomic E-state index is 12.7. The number of aromatic nitrogens is 3. The number of carbonyl (C=O) groups excluding carboxylic acids is 1. The molecule has 1 aliphatic carbocycles. The van der Waals surface area contributed by atoms with Crippen LogP contribution in [0.15, 0.2) is 23.4 Å². The summed E-state index contributed by atoms with van der Waals surface area (Å²) >= 11 is 1.47. The van der Waals surface area contributed by atoms with Crippen molar-refractivity contribution in [3.8, 4) is 5.75 Å². The molecule has 0 bridgehead atoms. The summed E-state index contributed by atoms with van der Waals surface area (Å²) in [5.41, 5.74) is 1.76. The van der Waals surface area contributed by atoms with E-state index in [1.807, 2.05) is 39.0 Å². The summed E-state index contributed by atoms with van der Waals surface area (Å²) < 4.78 is 7.58. The van der Waals surface area contributed by atoms with Crippen LogP contribution in [0.2, 0.25) is 0 Å². The third-order valence-corrected chi connectivity index (χ3v) is 6.10. The normalized spacial score (nSPS) is 16.1. The number of anilines is 1. The molecule has 1 atom stereocenters. The first-order chi connectivity index (χ1) is 13.0. The molecule has 0 aliphatic heterocycles. The lowest BCUT2D eigenvalue weighted by molar-refractivity contribution is -0.115. The number of nitrogens with zero attached hydrogens (tertiary/aromatic N) is 3. The molecule has 27 heavy (non-hydrogen) atoms. The molecule has 3 rings (SSSR count). The van der Waals surface area contributed by atoms with Gasteiger partial charge in [-0.3, -0.25) is 4.79 Å². The van der Waals surface area contributed by atoms with Crippen LogP contribution in [0.4, 0.5) is 5.69 Å². The van der Waals surface area contributed by atoms with Crippen molar-refractivity contribution < 1.29 is 9.53 Å². The fourth-order valence-electron chi connectivity index (χ4n) is 3.56. The molecule has 0 unspecified atom stereocenters. The number of amides is 1. The lowest BCUT2D eigenvalue weighted by Crippen LogP contribution is -2.24. The highest BCUT2D eigenvalue weighted by atomic mass is 32.2. The van der Waals surface area contributed by atoms with E-state index in [1.54, 1.807) is 7.11 Å². The van der Waals surface area contributed by atoms with Gasteiger partial charge in [0.25, 0.3) is 0 Å². The molecule has 0 saturated heterocycles. The predicted octanol–water partition coefficient (Wildman–Crippen LogP) is 4.53. The molecule has 1 aliphatic rings. The van der Waals surface area contributed by atoms with Crippen LogP contribution in [-0.4, -0.2) is 33.0 Å². The van der Waals surface area contributed by atoms with E-state index in [1.165, 1.54) is 31.0 Å². The fourth-order valence-corrected chi connectivity index (χ4v) is 4.52. The summed E-state index contributed by atoms with van der Waals surface area (Å²) in [6.45, 7) is 5.88. The fraction of sp³-hybridized carbons (Fsp3) is 0.550. The summed E-state index contributed by atoms with van der Waals surface area (Å²) in [7, 11) is 1.61. The number of methoxy groups -OCH3 is 1. The standard InChI is InChI=1S/C20H28N4O2S/c1-13-10-11-18(26-4)17(12-13)21-19(25)14(2)27-20-23-22-15(3)24(20)16-8-6-5-7-9-16/h10-12,14,16H,5-9H2,1-4H3,(H,21,25)/t14-/m0/s1. The molecule has 1 heterocycles. The zero-order valence-corrected chi connectivity index (χ0v) is 17.3. The number of thioether (sulfide) groups is 1. The van der Waals surface area contributed by atoms with E-state index in [2.05, 4.69) is 20.1 Å². The van der Waals surface area contributed by atoms with E-state index >= 15 is 0 Å². The van der Waals surface area contributed by atoms with Crippen molar-refractivity contribution in [3.05, 3.63) is 29.6 Å². The van der Waals surface area contributed by atoms with E-state index in [0.717, 1.165) is 29.4 Å². The Morgan fingerprint density at radius 2 is 2.00 bits per heavy atom. The lowest BCUT2D eigenvalue weighted by atomic mass is 9.95. The Labute approximate surface area is 165 Å². The van der Waals surface area contributed by atoms with Gasteiger partial charge in [-0.2, -0.15) is 0 Å². The molecule has 146 valence electrons. The minimum Gasteiger partial charge on any atom is -0.495 e. The molecular formula is C20H28N4O2S. The first-order valence-electron chi connectivity index (χ1n) is 9.53. The minimum atomic E-state index is -0.291. The van der Waals surface area contributed by atoms with Crippen LogP contribution in [0.3, 0.4) is 0 Å². The molecule has 1 saturated carbocycles. The summed E-state index contributed by atoms with van der Waals surface area (Å²) in [4.78, 5) is 12.7. The maximum atomic E-state index is 12.7. The number of ether oxygens (including phenoxy) is 1. The second-order valence-corrected chi connectivity index (χ2v) is 8.45. The minimum absolute atomic E-state index is 0.0697. The van der Waals surface area contributed by atoms with Gasteiger partial charge >= 0.3 is 0 Å². The quantitative estimate of drug-likeness (QED) is 0.737. The van der Waals surface area contributed by atoms with Crippen LogP contribution in [0, 0.1) is 13.8 Å². The molecule has 2 aromatic rings. The molecule has 1 fully saturated rings. The number of nitrogens with one attached hydrogen (secondary N) is 1. The molecule has 0 spiro atoms. The van der Waals surface area contributed by atoms with Crippen LogP contribution in [0.25, 0.3) is 0 Å². The van der Waals surface area contributed by atoms with Crippen LogP contribution in [0.5, 0.6) is 5.75 Å². The highest BCUT2D eigenvalue weighted by molar-refractivity contribution is 8.00. The largest absolute Gasteiger partial charge is 0.495 e. The highest BCUT2D eigenvalue weighted by Gasteiger charge is 2.25. The third-order valence-electron chi connectivity index (χ3n) is 5.04. The van der Waals surface area contributed by atoms with E-state index in [9.17, 15) is 4.79 Å². The van der Waals surface area contributed by atoms with Gasteiger partial charge in [-0.1, -0.05) is 37.1 Å². The topological polar surface area (TPSA) is 69.0 Å². The number of benzene rings is 1. The van der Waals surface area contributed by atoms with E-state index in [4.69, 9.17) is 4.74 Å². The Bertz CT molecular complexity index is 799. The summed E-state index contributed by atoms with van der Waals surface area (Å²) in [5.74, 6) is 1.52. The highest BCUT2D eigenvalue weighted by Crippen LogP contribution is 2.34. The van der Waals surface area contributed by atoms with Crippen LogP contribution in [-0.2, 0) is 4.79 Å². The van der Waals surface area contributed by atoms with Gasteiger partial charge in [0.05, 0.1) is 18.0 Å². The zero-order valence-electron chi connectivity index (χ0n) is 16.5. The van der Waals surface area contributed by atoms with Crippen LogP contribution in [0.1, 0.15) is 56.5 Å². The van der Waals surface area contributed by atoms with Crippen molar-refractivity contribution in [3.63, 3.8) is 0 Å². The summed E-state index contributed by atoms with van der Waals surface area (Å²) in [6.07, 6.45) is 6.11. The first-order valence-corrected chi connectivity index (χ1v) is 10.4. The number of hydrogen-bond acceptors (Lipinski definition) is 5. The maximum Gasteiger partial charge on any atom is 0.237 e. The number of rotatable bonds is 6. The van der Waals surface area contributed by atoms with Gasteiger partial charge in [-0.15, -0.1) is 10.2 Å². The lowest BCUT2D eigenvalue weighted by Gasteiger charge is -2.25. The molecule has 1 N–H and O–H groups in total. The van der Waals surface area contributed by atoms with E-state index in [0.29, 0.717) is 17.5 Å². The van der Waals surface area contributed by atoms with Crippen molar-refractivity contribution >= 4 is 23.4 Å². The average molecular weight is 389 g/mol. The monoisotopic (exact) mass is 388 g/mol. The molecule has 1 amide bonds. The Morgan fingerprint density at radius 1 is 1.26 bits per heavy atom. The third kappa shape index (κ3) is 4.64. The number of hydrogen-bond donors (Lipinski definition) is 1. The smallest absolute Gasteiger partial charge is 0.237 e. The summed E-state index contributed by atoms with van der Waals surface area (Å²) in [6, 6.07) is 6.19. The van der Waals surface area contributed by atoms with E-state index < -0.39 is 0 Å². The Kier molecular flexibility index (Phi) is 6.42. The van der Waals surface area contributed by atoms with Gasteiger partial charge in [0.1, 0.15) is 11.6 Å². The first kappa shape index (κ1) is 19.7. The number of carbonyl (C=O) groups is 1. The molecule has 6 nitrogen and oxygen atoms in total. The molecule has 1 aromatic carbocycles. The van der Waals surface area contributed by atoms with Crippen molar-refractivity contribution in [2.45, 2.75) is 69.3 Å². The van der Waals surface area contributed by atoms with Gasteiger partial charge in [0.2, 0.25) is 5.91 Å². The van der Waals surface area contributed by atoms with E-state index in [-0.39, 0.29) is 11.2 Å².